The molecule has 0 spiro atoms. The molecule has 9 nitrogen and oxygen atoms in total. The van der Waals surface area contributed by atoms with Crippen LogP contribution in [-0.2, 0) is 23.9 Å². The lowest BCUT2D eigenvalue weighted by Crippen LogP contribution is -2.35. The zero-order chi connectivity index (χ0) is 21.1. The molecule has 3 atom stereocenters. The molecule has 2 aliphatic rings. The third kappa shape index (κ3) is 4.38. The number of carbonyl (C=O) groups excluding carboxylic acids is 4. The minimum atomic E-state index is -1.02. The van der Waals surface area contributed by atoms with Crippen molar-refractivity contribution < 1.29 is 23.9 Å². The van der Waals surface area contributed by atoms with Crippen LogP contribution in [0.15, 0.2) is 24.4 Å². The van der Waals surface area contributed by atoms with Gasteiger partial charge < -0.3 is 10.1 Å². The van der Waals surface area contributed by atoms with Gasteiger partial charge in [0.25, 0.3) is 5.91 Å². The normalized spacial score (nSPS) is 22.0. The van der Waals surface area contributed by atoms with Gasteiger partial charge in [0, 0.05) is 18.7 Å². The first kappa shape index (κ1) is 20.8. The van der Waals surface area contributed by atoms with Gasteiger partial charge in [0.2, 0.25) is 11.8 Å². The molecule has 0 aromatic carbocycles. The Labute approximate surface area is 169 Å². The summed E-state index contributed by atoms with van der Waals surface area (Å²) in [5.41, 5.74) is 0. The summed E-state index contributed by atoms with van der Waals surface area (Å²) in [6.45, 7) is 5.30. The molecule has 1 saturated heterocycles. The van der Waals surface area contributed by atoms with E-state index in [9.17, 15) is 19.2 Å². The molecule has 0 radical (unpaired) electrons. The van der Waals surface area contributed by atoms with Crippen molar-refractivity contribution in [2.75, 3.05) is 11.9 Å². The number of imide groups is 1. The number of esters is 1. The van der Waals surface area contributed by atoms with Crippen molar-refractivity contribution in [2.24, 2.45) is 11.8 Å². The number of likely N-dealkylation sites (tertiary alicyclic amines) is 1. The fraction of sp³-hybridized carbons (Fsp3) is 0.550. The fourth-order valence-electron chi connectivity index (χ4n) is 3.65. The minimum absolute atomic E-state index is 0.0298. The second kappa shape index (κ2) is 8.59. The van der Waals surface area contributed by atoms with E-state index in [1.807, 2.05) is 26.0 Å². The molecule has 3 amide bonds. The number of carbonyl (C=O) groups is 4. The van der Waals surface area contributed by atoms with Crippen LogP contribution in [0.25, 0.3) is 0 Å². The third-order valence-corrected chi connectivity index (χ3v) is 5.23. The molecule has 1 aromatic rings. The highest BCUT2D eigenvalue weighted by atomic mass is 16.5. The molecule has 29 heavy (non-hydrogen) atoms. The summed E-state index contributed by atoms with van der Waals surface area (Å²) in [5.74, 6) is -1.71. The number of nitrogens with zero attached hydrogens (tertiary/aromatic N) is 3. The van der Waals surface area contributed by atoms with Crippen molar-refractivity contribution in [1.29, 1.82) is 0 Å². The highest BCUT2D eigenvalue weighted by molar-refractivity contribution is 6.05. The number of anilines is 1. The predicted molar refractivity (Wildman–Crippen MR) is 103 cm³/mol. The van der Waals surface area contributed by atoms with Gasteiger partial charge in [-0.1, -0.05) is 12.2 Å². The van der Waals surface area contributed by atoms with Crippen molar-refractivity contribution in [1.82, 2.24) is 14.7 Å². The largest absolute Gasteiger partial charge is 0.452 e. The van der Waals surface area contributed by atoms with Gasteiger partial charge in [-0.3, -0.25) is 24.1 Å². The molecular weight excluding hydrogens is 376 g/mol. The number of amides is 3. The maximum Gasteiger partial charge on any atom is 0.308 e. The van der Waals surface area contributed by atoms with Crippen LogP contribution in [0.5, 0.6) is 0 Å². The molecule has 1 aliphatic carbocycles. The van der Waals surface area contributed by atoms with E-state index in [1.165, 1.54) is 6.92 Å². The van der Waals surface area contributed by atoms with Gasteiger partial charge >= 0.3 is 5.97 Å². The van der Waals surface area contributed by atoms with E-state index in [0.29, 0.717) is 18.7 Å². The topological polar surface area (TPSA) is 111 Å². The molecule has 1 aliphatic heterocycles. The Morgan fingerprint density at radius 1 is 1.17 bits per heavy atom. The molecular formula is C20H26N4O5. The van der Waals surface area contributed by atoms with E-state index in [-0.39, 0.29) is 42.7 Å². The first-order valence-corrected chi connectivity index (χ1v) is 9.83. The molecule has 2 heterocycles. The van der Waals surface area contributed by atoms with E-state index < -0.39 is 18.0 Å². The van der Waals surface area contributed by atoms with Crippen LogP contribution in [0.2, 0.25) is 0 Å². The molecule has 1 aromatic heterocycles. The molecule has 9 heteroatoms. The highest BCUT2D eigenvalue weighted by Gasteiger charge is 2.47. The molecule has 1 N–H and O–H groups in total. The average molecular weight is 402 g/mol. The van der Waals surface area contributed by atoms with E-state index in [1.54, 1.807) is 16.9 Å². The molecule has 0 bridgehead atoms. The monoisotopic (exact) mass is 402 g/mol. The average Bonchev–Trinajstić information content (AvgIpc) is 3.24. The Bertz CT molecular complexity index is 818. The second-order valence-electron chi connectivity index (χ2n) is 7.61. The molecule has 3 rings (SSSR count). The van der Waals surface area contributed by atoms with Gasteiger partial charge in [-0.25, -0.2) is 4.68 Å². The van der Waals surface area contributed by atoms with Crippen LogP contribution >= 0.6 is 0 Å². The van der Waals surface area contributed by atoms with Crippen molar-refractivity contribution in [3.63, 3.8) is 0 Å². The van der Waals surface area contributed by atoms with Crippen LogP contribution < -0.4 is 5.32 Å². The van der Waals surface area contributed by atoms with E-state index in [0.717, 1.165) is 4.90 Å². The maximum atomic E-state index is 12.4. The lowest BCUT2D eigenvalue weighted by atomic mass is 9.85. The number of fused-ring (bicyclic) bond motifs is 1. The van der Waals surface area contributed by atoms with Gasteiger partial charge in [-0.15, -0.1) is 0 Å². The number of aromatic nitrogens is 2. The summed E-state index contributed by atoms with van der Waals surface area (Å²) >= 11 is 0. The summed E-state index contributed by atoms with van der Waals surface area (Å²) in [5, 5.41) is 6.81. The number of allylic oxidation sites excluding steroid dienone is 2. The summed E-state index contributed by atoms with van der Waals surface area (Å²) < 4.78 is 6.81. The smallest absolute Gasteiger partial charge is 0.308 e. The Kier molecular flexibility index (Phi) is 6.14. The summed E-state index contributed by atoms with van der Waals surface area (Å²) in [6.07, 6.45) is 5.34. The lowest BCUT2D eigenvalue weighted by molar-refractivity contribution is -0.154. The fourth-order valence-corrected chi connectivity index (χ4v) is 3.65. The van der Waals surface area contributed by atoms with Gasteiger partial charge in [-0.2, -0.15) is 5.10 Å². The van der Waals surface area contributed by atoms with Crippen LogP contribution in [0.1, 0.15) is 46.1 Å². The standard InChI is InChI=1S/C20H26N4O5/c1-12(2)24-16(8-10-21-24)22-18(26)13(3)29-17(25)9-11-23-19(27)14-6-4-5-7-15(14)20(23)28/h4-5,8,10,12-15H,6-7,9,11H2,1-3H3,(H,22,26)/t13-,14+,15+/m0/s1. The molecule has 0 saturated carbocycles. The number of hydrogen-bond donors (Lipinski definition) is 1. The highest BCUT2D eigenvalue weighted by Crippen LogP contribution is 2.35. The Balaban J connectivity index is 1.49. The summed E-state index contributed by atoms with van der Waals surface area (Å²) in [6, 6.07) is 1.72. The number of nitrogens with one attached hydrogen (secondary N) is 1. The SMILES string of the molecule is CC(C)n1nccc1NC(=O)[C@H](C)OC(=O)CCN1C(=O)[C@@H]2CC=CC[C@H]2C1=O. The first-order valence-electron chi connectivity index (χ1n) is 9.83. The number of ether oxygens (including phenoxy) is 1. The summed E-state index contributed by atoms with van der Waals surface area (Å²) in [7, 11) is 0. The number of hydrogen-bond acceptors (Lipinski definition) is 6. The molecule has 156 valence electrons. The Hall–Kier alpha value is -2.97. The lowest BCUT2D eigenvalue weighted by Gasteiger charge is -2.17. The van der Waals surface area contributed by atoms with Gasteiger partial charge in [0.15, 0.2) is 6.10 Å². The zero-order valence-electron chi connectivity index (χ0n) is 16.8. The van der Waals surface area contributed by atoms with Gasteiger partial charge in [0.1, 0.15) is 5.82 Å². The Morgan fingerprint density at radius 2 is 1.79 bits per heavy atom. The molecule has 1 fully saturated rings. The predicted octanol–water partition coefficient (Wildman–Crippen LogP) is 1.68. The van der Waals surface area contributed by atoms with Crippen LogP contribution in [-0.4, -0.2) is 51.0 Å². The third-order valence-electron chi connectivity index (χ3n) is 5.23. The Morgan fingerprint density at radius 3 is 2.38 bits per heavy atom. The van der Waals surface area contributed by atoms with Crippen molar-refractivity contribution >= 4 is 29.5 Å². The van der Waals surface area contributed by atoms with Gasteiger partial charge in [-0.05, 0) is 33.6 Å². The van der Waals surface area contributed by atoms with Gasteiger partial charge in [0.05, 0.1) is 24.5 Å². The number of rotatable bonds is 7. The quantitative estimate of drug-likeness (QED) is 0.422. The van der Waals surface area contributed by atoms with Crippen molar-refractivity contribution in [2.45, 2.75) is 52.2 Å². The van der Waals surface area contributed by atoms with Crippen LogP contribution in [0.3, 0.4) is 0 Å². The summed E-state index contributed by atoms with van der Waals surface area (Å²) in [4.78, 5) is 50.4. The van der Waals surface area contributed by atoms with E-state index in [2.05, 4.69) is 10.4 Å². The van der Waals surface area contributed by atoms with Crippen LogP contribution in [0.4, 0.5) is 5.82 Å². The van der Waals surface area contributed by atoms with Crippen LogP contribution in [0, 0.1) is 11.8 Å². The molecule has 0 unspecified atom stereocenters. The van der Waals surface area contributed by atoms with E-state index >= 15 is 0 Å². The second-order valence-corrected chi connectivity index (χ2v) is 7.61. The zero-order valence-corrected chi connectivity index (χ0v) is 16.8. The van der Waals surface area contributed by atoms with Crippen molar-refractivity contribution in [3.8, 4) is 0 Å². The maximum absolute atomic E-state index is 12.4. The van der Waals surface area contributed by atoms with E-state index in [4.69, 9.17) is 4.74 Å². The first-order chi connectivity index (χ1) is 13.8. The minimum Gasteiger partial charge on any atom is -0.452 e. The van der Waals surface area contributed by atoms with Crippen molar-refractivity contribution in [3.05, 3.63) is 24.4 Å².